The topological polar surface area (TPSA) is 89.6 Å². The Morgan fingerprint density at radius 3 is 1.81 bits per heavy atom. The van der Waals surface area contributed by atoms with Crippen LogP contribution in [0.5, 0.6) is 11.5 Å². The SMILES string of the molecule is CNC(=O)CN1CCN(C(CCCOc2ccc(C)cc2)C2CN(CC(=O)NC)CCN2CCCCCOc2ccc(C)cc2)CC1. The Kier molecular flexibility index (Phi) is 15.3. The van der Waals surface area contributed by atoms with Gasteiger partial charge >= 0.3 is 0 Å². The normalized spacial score (nSPS) is 18.9. The number of unbranched alkanes of at least 4 members (excludes halogenated alkanes) is 2. The number of piperazine rings is 2. The van der Waals surface area contributed by atoms with Crippen LogP contribution in [-0.4, -0.2) is 136 Å². The molecule has 2 heterocycles. The van der Waals surface area contributed by atoms with Gasteiger partial charge in [-0.05, 0) is 76.8 Å². The molecule has 2 aromatic rings. The molecule has 0 saturated carbocycles. The van der Waals surface area contributed by atoms with E-state index < -0.39 is 0 Å². The third-order valence-corrected chi connectivity index (χ3v) is 9.54. The molecule has 0 aliphatic carbocycles. The van der Waals surface area contributed by atoms with Crippen molar-refractivity contribution >= 4 is 11.8 Å². The van der Waals surface area contributed by atoms with Crippen LogP contribution in [0.15, 0.2) is 48.5 Å². The molecule has 2 saturated heterocycles. The molecule has 10 heteroatoms. The molecule has 2 N–H and O–H groups in total. The highest BCUT2D eigenvalue weighted by molar-refractivity contribution is 5.78. The van der Waals surface area contributed by atoms with E-state index in [2.05, 4.69) is 68.3 Å². The quantitative estimate of drug-likeness (QED) is 0.238. The first kappa shape index (κ1) is 36.7. The number of hydrogen-bond acceptors (Lipinski definition) is 8. The van der Waals surface area contributed by atoms with E-state index in [1.165, 1.54) is 11.1 Å². The number of nitrogens with one attached hydrogen (secondary N) is 2. The Balaban J connectivity index is 1.39. The average molecular weight is 651 g/mol. The maximum atomic E-state index is 12.4. The van der Waals surface area contributed by atoms with Crippen molar-refractivity contribution in [2.45, 2.75) is 58.0 Å². The van der Waals surface area contributed by atoms with Gasteiger partial charge in [-0.15, -0.1) is 0 Å². The number of rotatable bonds is 18. The van der Waals surface area contributed by atoms with Crippen LogP contribution in [0.3, 0.4) is 0 Å². The van der Waals surface area contributed by atoms with Crippen molar-refractivity contribution in [2.75, 3.05) is 92.8 Å². The molecule has 2 unspecified atom stereocenters. The zero-order chi connectivity index (χ0) is 33.4. The maximum Gasteiger partial charge on any atom is 0.233 e. The van der Waals surface area contributed by atoms with Crippen LogP contribution in [0.25, 0.3) is 0 Å². The third-order valence-electron chi connectivity index (χ3n) is 9.54. The summed E-state index contributed by atoms with van der Waals surface area (Å²) >= 11 is 0. The lowest BCUT2D eigenvalue weighted by Gasteiger charge is -2.49. The molecule has 0 spiro atoms. The molecule has 260 valence electrons. The third kappa shape index (κ3) is 12.4. The number of carbonyl (C=O) groups is 2. The van der Waals surface area contributed by atoms with Gasteiger partial charge in [0.05, 0.1) is 26.3 Å². The first-order chi connectivity index (χ1) is 22.8. The van der Waals surface area contributed by atoms with Gasteiger partial charge in [-0.25, -0.2) is 0 Å². The van der Waals surface area contributed by atoms with Crippen LogP contribution in [0.2, 0.25) is 0 Å². The number of hydrogen-bond donors (Lipinski definition) is 2. The zero-order valence-electron chi connectivity index (χ0n) is 29.2. The summed E-state index contributed by atoms with van der Waals surface area (Å²) in [6.45, 7) is 13.8. The van der Waals surface area contributed by atoms with Gasteiger partial charge in [0.2, 0.25) is 11.8 Å². The summed E-state index contributed by atoms with van der Waals surface area (Å²) in [6, 6.07) is 17.2. The molecule has 2 fully saturated rings. The van der Waals surface area contributed by atoms with Gasteiger partial charge in [-0.2, -0.15) is 0 Å². The number of likely N-dealkylation sites (N-methyl/N-ethyl adjacent to an activating group) is 2. The molecule has 47 heavy (non-hydrogen) atoms. The van der Waals surface area contributed by atoms with Crippen molar-refractivity contribution in [3.63, 3.8) is 0 Å². The minimum Gasteiger partial charge on any atom is -0.494 e. The van der Waals surface area contributed by atoms with Gasteiger partial charge in [0, 0.05) is 72.0 Å². The molecule has 2 amide bonds. The predicted octanol–water partition coefficient (Wildman–Crippen LogP) is 3.18. The van der Waals surface area contributed by atoms with E-state index >= 15 is 0 Å². The Morgan fingerprint density at radius 2 is 1.23 bits per heavy atom. The standard InChI is InChI=1S/C37H58N6O4/c1-30-10-14-32(15-11-30)46-25-7-5-6-18-42-24-21-41(29-37(45)39-4)27-35(42)34(9-8-26-47-33-16-12-31(2)13-17-33)43-22-19-40(20-23-43)28-36(44)38-3/h10-17,34-35H,5-9,18-29H2,1-4H3,(H,38,44)(H,39,45). The Hall–Kier alpha value is -3.18. The van der Waals surface area contributed by atoms with Gasteiger partial charge in [0.25, 0.3) is 0 Å². The van der Waals surface area contributed by atoms with E-state index in [0.29, 0.717) is 31.8 Å². The minimum atomic E-state index is 0.0656. The fourth-order valence-electron chi connectivity index (χ4n) is 6.66. The summed E-state index contributed by atoms with van der Waals surface area (Å²) in [6.07, 6.45) is 5.23. The molecule has 2 aliphatic heterocycles. The highest BCUT2D eigenvalue weighted by Gasteiger charge is 2.37. The molecule has 0 aromatic heterocycles. The predicted molar refractivity (Wildman–Crippen MR) is 188 cm³/mol. The number of nitrogens with zero attached hydrogens (tertiary/aromatic N) is 4. The van der Waals surface area contributed by atoms with Crippen LogP contribution in [0.4, 0.5) is 0 Å². The van der Waals surface area contributed by atoms with Crippen LogP contribution in [0.1, 0.15) is 43.2 Å². The van der Waals surface area contributed by atoms with Crippen LogP contribution in [-0.2, 0) is 9.59 Å². The van der Waals surface area contributed by atoms with E-state index in [4.69, 9.17) is 9.47 Å². The average Bonchev–Trinajstić information content (AvgIpc) is 3.09. The minimum absolute atomic E-state index is 0.0656. The molecule has 4 rings (SSSR count). The van der Waals surface area contributed by atoms with Gasteiger partial charge < -0.3 is 20.1 Å². The summed E-state index contributed by atoms with van der Waals surface area (Å²) in [7, 11) is 3.42. The largest absolute Gasteiger partial charge is 0.494 e. The van der Waals surface area contributed by atoms with Crippen molar-refractivity contribution in [2.24, 2.45) is 0 Å². The molecule has 0 bridgehead atoms. The van der Waals surface area contributed by atoms with Crippen molar-refractivity contribution in [1.29, 1.82) is 0 Å². The molecule has 10 nitrogen and oxygen atoms in total. The first-order valence-electron chi connectivity index (χ1n) is 17.6. The highest BCUT2D eigenvalue weighted by Crippen LogP contribution is 2.24. The summed E-state index contributed by atoms with van der Waals surface area (Å²) in [5.41, 5.74) is 2.47. The summed E-state index contributed by atoms with van der Waals surface area (Å²) in [5.74, 6) is 1.98. The van der Waals surface area contributed by atoms with Crippen molar-refractivity contribution in [1.82, 2.24) is 30.2 Å². The van der Waals surface area contributed by atoms with E-state index in [-0.39, 0.29) is 11.8 Å². The van der Waals surface area contributed by atoms with Crippen molar-refractivity contribution in [3.8, 4) is 11.5 Å². The van der Waals surface area contributed by atoms with Crippen LogP contribution in [0, 0.1) is 13.8 Å². The van der Waals surface area contributed by atoms with Crippen molar-refractivity contribution < 1.29 is 19.1 Å². The number of amides is 2. The fourth-order valence-corrected chi connectivity index (χ4v) is 6.66. The summed E-state index contributed by atoms with van der Waals surface area (Å²) < 4.78 is 12.1. The lowest BCUT2D eigenvalue weighted by Crippen LogP contribution is -2.64. The smallest absolute Gasteiger partial charge is 0.233 e. The fraction of sp³-hybridized carbons (Fsp3) is 0.622. The van der Waals surface area contributed by atoms with Gasteiger partial charge in [-0.3, -0.25) is 29.2 Å². The second kappa shape index (κ2) is 19.6. The maximum absolute atomic E-state index is 12.4. The van der Waals surface area contributed by atoms with E-state index in [9.17, 15) is 9.59 Å². The first-order valence-corrected chi connectivity index (χ1v) is 17.6. The molecule has 2 aliphatic rings. The van der Waals surface area contributed by atoms with Crippen molar-refractivity contribution in [3.05, 3.63) is 59.7 Å². The van der Waals surface area contributed by atoms with Gasteiger partial charge in [-0.1, -0.05) is 35.4 Å². The van der Waals surface area contributed by atoms with Gasteiger partial charge in [0.1, 0.15) is 11.5 Å². The Morgan fingerprint density at radius 1 is 0.702 bits per heavy atom. The molecule has 2 aromatic carbocycles. The number of aryl methyl sites for hydroxylation is 2. The number of ether oxygens (including phenoxy) is 2. The Bertz CT molecular complexity index is 1200. The van der Waals surface area contributed by atoms with Gasteiger partial charge in [0.15, 0.2) is 0 Å². The molecular formula is C37H58N6O4. The summed E-state index contributed by atoms with van der Waals surface area (Å²) in [4.78, 5) is 34.4. The lowest BCUT2D eigenvalue weighted by atomic mass is 9.95. The van der Waals surface area contributed by atoms with E-state index in [1.807, 2.05) is 24.3 Å². The monoisotopic (exact) mass is 650 g/mol. The van der Waals surface area contributed by atoms with Crippen LogP contribution >= 0.6 is 0 Å². The van der Waals surface area contributed by atoms with Crippen LogP contribution < -0.4 is 20.1 Å². The zero-order valence-corrected chi connectivity index (χ0v) is 29.2. The highest BCUT2D eigenvalue weighted by atomic mass is 16.5. The Labute approximate surface area is 282 Å². The number of benzene rings is 2. The second-order valence-corrected chi connectivity index (χ2v) is 13.1. The van der Waals surface area contributed by atoms with E-state index in [1.54, 1.807) is 14.1 Å². The van der Waals surface area contributed by atoms with E-state index in [0.717, 1.165) is 103 Å². The summed E-state index contributed by atoms with van der Waals surface area (Å²) in [5, 5.41) is 5.58. The second-order valence-electron chi connectivity index (χ2n) is 13.1. The molecular weight excluding hydrogens is 592 g/mol. The molecule has 2 atom stereocenters. The number of carbonyl (C=O) groups excluding carboxylic acids is 2. The lowest BCUT2D eigenvalue weighted by molar-refractivity contribution is -0.124. The molecule has 0 radical (unpaired) electrons.